The second-order valence-corrected chi connectivity index (χ2v) is 4.15. The summed E-state index contributed by atoms with van der Waals surface area (Å²) in [6.45, 7) is 2.48. The minimum atomic E-state index is -0.0455. The molecule has 0 radical (unpaired) electrons. The van der Waals surface area contributed by atoms with Crippen LogP contribution in [-0.2, 0) is 6.54 Å². The van der Waals surface area contributed by atoms with Gasteiger partial charge in [0.05, 0.1) is 9.90 Å². The molecular formula is C8H11IN2O2. The average Bonchev–Trinajstić information content (AvgIpc) is 2.13. The van der Waals surface area contributed by atoms with Gasteiger partial charge in [-0.25, -0.2) is 4.98 Å². The Hall–Kier alpha value is -0.430. The van der Waals surface area contributed by atoms with Crippen molar-refractivity contribution in [1.29, 1.82) is 0 Å². The van der Waals surface area contributed by atoms with Crippen molar-refractivity contribution < 1.29 is 5.11 Å². The Bertz CT molecular complexity index is 337. The number of hydrogen-bond donors (Lipinski definition) is 1. The molecule has 0 aromatic carbocycles. The Morgan fingerprint density at radius 3 is 3.08 bits per heavy atom. The summed E-state index contributed by atoms with van der Waals surface area (Å²) in [5.41, 5.74) is -0.0455. The number of halogens is 1. The predicted molar refractivity (Wildman–Crippen MR) is 57.5 cm³/mol. The Balaban J connectivity index is 2.89. The van der Waals surface area contributed by atoms with Crippen LogP contribution in [0, 0.1) is 9.49 Å². The summed E-state index contributed by atoms with van der Waals surface area (Å²) in [6.07, 6.45) is 3.03. The van der Waals surface area contributed by atoms with Crippen LogP contribution in [0.3, 0.4) is 0 Å². The molecule has 1 aromatic rings. The lowest BCUT2D eigenvalue weighted by molar-refractivity contribution is 0.221. The van der Waals surface area contributed by atoms with E-state index in [1.807, 2.05) is 29.5 Å². The summed E-state index contributed by atoms with van der Waals surface area (Å²) in [5.74, 6) is 0.0812. The van der Waals surface area contributed by atoms with Gasteiger partial charge in [-0.1, -0.05) is 6.92 Å². The van der Waals surface area contributed by atoms with Gasteiger partial charge in [-0.3, -0.25) is 9.36 Å². The van der Waals surface area contributed by atoms with Crippen LogP contribution >= 0.6 is 22.6 Å². The number of aliphatic hydroxyl groups is 1. The Morgan fingerprint density at radius 1 is 1.77 bits per heavy atom. The third kappa shape index (κ3) is 2.77. The molecule has 0 aliphatic heterocycles. The molecule has 0 aliphatic carbocycles. The number of aliphatic hydroxyl groups excluding tert-OH is 1. The molecule has 0 spiro atoms. The second-order valence-electron chi connectivity index (χ2n) is 2.99. The van der Waals surface area contributed by atoms with Gasteiger partial charge in [0, 0.05) is 19.3 Å². The highest BCUT2D eigenvalue weighted by Crippen LogP contribution is 1.98. The summed E-state index contributed by atoms with van der Waals surface area (Å²) in [7, 11) is 0. The molecule has 0 saturated heterocycles. The average molecular weight is 294 g/mol. The van der Waals surface area contributed by atoms with Crippen LogP contribution in [-0.4, -0.2) is 21.3 Å². The van der Waals surface area contributed by atoms with Crippen molar-refractivity contribution >= 4 is 22.6 Å². The van der Waals surface area contributed by atoms with Crippen LogP contribution in [0.4, 0.5) is 0 Å². The molecule has 1 N–H and O–H groups in total. The molecule has 13 heavy (non-hydrogen) atoms. The van der Waals surface area contributed by atoms with Crippen LogP contribution in [0.25, 0.3) is 0 Å². The lowest BCUT2D eigenvalue weighted by Gasteiger charge is -2.09. The molecule has 1 unspecified atom stereocenters. The number of rotatable bonds is 3. The van der Waals surface area contributed by atoms with Gasteiger partial charge >= 0.3 is 0 Å². The van der Waals surface area contributed by atoms with E-state index in [1.165, 1.54) is 17.1 Å². The van der Waals surface area contributed by atoms with Crippen molar-refractivity contribution in [3.63, 3.8) is 0 Å². The zero-order valence-electron chi connectivity index (χ0n) is 7.27. The fourth-order valence-electron chi connectivity index (χ4n) is 0.948. The topological polar surface area (TPSA) is 55.1 Å². The zero-order chi connectivity index (χ0) is 9.84. The maximum absolute atomic E-state index is 11.5. The first-order chi connectivity index (χ1) is 6.15. The van der Waals surface area contributed by atoms with E-state index in [0.29, 0.717) is 10.1 Å². The molecule has 72 valence electrons. The fourth-order valence-corrected chi connectivity index (χ4v) is 1.42. The first kappa shape index (κ1) is 10.6. The summed E-state index contributed by atoms with van der Waals surface area (Å²) in [6, 6.07) is 0. The fraction of sp³-hybridized carbons (Fsp3) is 0.500. The van der Waals surface area contributed by atoms with Crippen molar-refractivity contribution in [2.75, 3.05) is 6.61 Å². The minimum absolute atomic E-state index is 0.0455. The highest BCUT2D eigenvalue weighted by Gasteiger charge is 2.04. The summed E-state index contributed by atoms with van der Waals surface area (Å²) in [5, 5.41) is 8.82. The van der Waals surface area contributed by atoms with Crippen LogP contribution in [0.2, 0.25) is 0 Å². The normalized spacial score (nSPS) is 12.8. The molecule has 1 rings (SSSR count). The van der Waals surface area contributed by atoms with E-state index in [2.05, 4.69) is 4.98 Å². The van der Waals surface area contributed by atoms with Crippen molar-refractivity contribution in [2.24, 2.45) is 5.92 Å². The van der Waals surface area contributed by atoms with E-state index in [1.54, 1.807) is 0 Å². The van der Waals surface area contributed by atoms with Gasteiger partial charge in [0.25, 0.3) is 5.56 Å². The lowest BCUT2D eigenvalue weighted by Crippen LogP contribution is -2.26. The van der Waals surface area contributed by atoms with Gasteiger partial charge in [0.2, 0.25) is 0 Å². The second kappa shape index (κ2) is 4.71. The van der Waals surface area contributed by atoms with Gasteiger partial charge < -0.3 is 5.11 Å². The molecule has 0 bridgehead atoms. The summed E-state index contributed by atoms with van der Waals surface area (Å²) >= 11 is 1.95. The quantitative estimate of drug-likeness (QED) is 0.825. The Kier molecular flexibility index (Phi) is 3.86. The highest BCUT2D eigenvalue weighted by molar-refractivity contribution is 14.1. The first-order valence-corrected chi connectivity index (χ1v) is 5.04. The van der Waals surface area contributed by atoms with Gasteiger partial charge in [0.1, 0.15) is 0 Å². The van der Waals surface area contributed by atoms with E-state index < -0.39 is 0 Å². The van der Waals surface area contributed by atoms with Gasteiger partial charge in [-0.05, 0) is 28.5 Å². The molecule has 0 aliphatic rings. The maximum Gasteiger partial charge on any atom is 0.266 e. The lowest BCUT2D eigenvalue weighted by atomic mass is 10.2. The first-order valence-electron chi connectivity index (χ1n) is 3.96. The minimum Gasteiger partial charge on any atom is -0.396 e. The van der Waals surface area contributed by atoms with Crippen LogP contribution in [0.1, 0.15) is 6.92 Å². The molecule has 1 atom stereocenters. The zero-order valence-corrected chi connectivity index (χ0v) is 9.43. The van der Waals surface area contributed by atoms with Crippen LogP contribution in [0.5, 0.6) is 0 Å². The van der Waals surface area contributed by atoms with Crippen molar-refractivity contribution in [3.8, 4) is 0 Å². The Morgan fingerprint density at radius 2 is 2.46 bits per heavy atom. The van der Waals surface area contributed by atoms with E-state index in [9.17, 15) is 4.79 Å². The smallest absolute Gasteiger partial charge is 0.266 e. The molecule has 0 saturated carbocycles. The maximum atomic E-state index is 11.5. The van der Waals surface area contributed by atoms with E-state index in [4.69, 9.17) is 5.11 Å². The molecule has 0 amide bonds. The van der Waals surface area contributed by atoms with Crippen LogP contribution < -0.4 is 5.56 Å². The SMILES string of the molecule is CC(CO)Cn1cncc(I)c1=O. The third-order valence-corrected chi connectivity index (χ3v) is 2.42. The molecule has 1 aromatic heterocycles. The molecule has 1 heterocycles. The van der Waals surface area contributed by atoms with E-state index >= 15 is 0 Å². The largest absolute Gasteiger partial charge is 0.396 e. The van der Waals surface area contributed by atoms with Gasteiger partial charge in [-0.15, -0.1) is 0 Å². The predicted octanol–water partition coefficient (Wildman–Crippen LogP) is 0.476. The monoisotopic (exact) mass is 294 g/mol. The van der Waals surface area contributed by atoms with Gasteiger partial charge in [0.15, 0.2) is 0 Å². The van der Waals surface area contributed by atoms with Crippen LogP contribution in [0.15, 0.2) is 17.3 Å². The molecule has 4 nitrogen and oxygen atoms in total. The third-order valence-electron chi connectivity index (χ3n) is 1.68. The number of hydrogen-bond acceptors (Lipinski definition) is 3. The van der Waals surface area contributed by atoms with Gasteiger partial charge in [-0.2, -0.15) is 0 Å². The number of nitrogens with zero attached hydrogens (tertiary/aromatic N) is 2. The van der Waals surface area contributed by atoms with E-state index in [0.717, 1.165) is 0 Å². The number of aromatic nitrogens is 2. The van der Waals surface area contributed by atoms with E-state index in [-0.39, 0.29) is 18.1 Å². The van der Waals surface area contributed by atoms with Crippen molar-refractivity contribution in [2.45, 2.75) is 13.5 Å². The molecule has 0 fully saturated rings. The molecule has 5 heteroatoms. The summed E-state index contributed by atoms with van der Waals surface area (Å²) < 4.78 is 2.12. The standard InChI is InChI=1S/C8H11IN2O2/c1-6(4-12)3-11-5-10-2-7(9)8(11)13/h2,5-6,12H,3-4H2,1H3. The summed E-state index contributed by atoms with van der Waals surface area (Å²) in [4.78, 5) is 15.4. The highest BCUT2D eigenvalue weighted by atomic mass is 127. The van der Waals surface area contributed by atoms with Crippen molar-refractivity contribution in [1.82, 2.24) is 9.55 Å². The van der Waals surface area contributed by atoms with Crippen molar-refractivity contribution in [3.05, 3.63) is 26.4 Å². The Labute approximate surface area is 89.8 Å². The molecular weight excluding hydrogens is 283 g/mol.